The number of carbonyl (C=O) groups is 1. The smallest absolute Gasteiger partial charge is 0.256 e. The largest absolute Gasteiger partial charge is 0.493 e. The number of anilines is 3. The second kappa shape index (κ2) is 11.3. The topological polar surface area (TPSA) is 151 Å². The van der Waals surface area contributed by atoms with Crippen molar-refractivity contribution >= 4 is 34.4 Å². The highest BCUT2D eigenvalue weighted by atomic mass is 16.5. The first-order chi connectivity index (χ1) is 17.4. The lowest BCUT2D eigenvalue weighted by Gasteiger charge is -2.26. The molecule has 0 atom stereocenters. The van der Waals surface area contributed by atoms with Gasteiger partial charge in [0.2, 0.25) is 11.4 Å². The maximum atomic E-state index is 12.7. The number of nitrogens with two attached hydrogens (primary N) is 2. The highest BCUT2D eigenvalue weighted by molar-refractivity contribution is 6.00. The number of primary amides is 1. The zero-order valence-corrected chi connectivity index (χ0v) is 20.7. The number of amides is 1. The molecule has 36 heavy (non-hydrogen) atoms. The van der Waals surface area contributed by atoms with Crippen LogP contribution in [0.1, 0.15) is 43.0 Å². The van der Waals surface area contributed by atoms with Crippen LogP contribution >= 0.6 is 0 Å². The first kappa shape index (κ1) is 25.2. The van der Waals surface area contributed by atoms with Crippen molar-refractivity contribution in [1.82, 2.24) is 19.4 Å². The van der Waals surface area contributed by atoms with E-state index < -0.39 is 11.3 Å². The Morgan fingerprint density at radius 2 is 1.97 bits per heavy atom. The van der Waals surface area contributed by atoms with Crippen molar-refractivity contribution in [2.75, 3.05) is 44.4 Å². The van der Waals surface area contributed by atoms with Gasteiger partial charge in [-0.25, -0.2) is 4.98 Å². The lowest BCUT2D eigenvalue weighted by molar-refractivity contribution is 0.1000. The van der Waals surface area contributed by atoms with Crippen LogP contribution in [0.15, 0.2) is 29.2 Å². The van der Waals surface area contributed by atoms with E-state index in [1.165, 1.54) is 38.5 Å². The SMILES string of the molecule is CCn1c(N)c(C(N)=O)c(=O)c2cnc(Nc3ccc(OCCCN4CCCCC4)c(OC)c3)nc21. The van der Waals surface area contributed by atoms with Crippen LogP contribution < -0.4 is 31.7 Å². The van der Waals surface area contributed by atoms with E-state index in [1.54, 1.807) is 17.7 Å². The van der Waals surface area contributed by atoms with Gasteiger partial charge in [0.1, 0.15) is 11.4 Å². The van der Waals surface area contributed by atoms with E-state index in [0.29, 0.717) is 36.0 Å². The average Bonchev–Trinajstić information content (AvgIpc) is 2.88. The Morgan fingerprint density at radius 3 is 2.67 bits per heavy atom. The maximum absolute atomic E-state index is 12.7. The lowest BCUT2D eigenvalue weighted by Crippen LogP contribution is -2.31. The van der Waals surface area contributed by atoms with E-state index in [1.807, 2.05) is 19.1 Å². The molecule has 192 valence electrons. The number of benzene rings is 1. The van der Waals surface area contributed by atoms with Gasteiger partial charge < -0.3 is 35.7 Å². The van der Waals surface area contributed by atoms with Crippen molar-refractivity contribution in [3.8, 4) is 11.5 Å². The molecule has 0 saturated carbocycles. The molecule has 0 spiro atoms. The number of aromatic nitrogens is 3. The average molecular weight is 496 g/mol. The van der Waals surface area contributed by atoms with Crippen LogP contribution in [0.2, 0.25) is 0 Å². The Kier molecular flexibility index (Phi) is 7.89. The third kappa shape index (κ3) is 5.35. The second-order valence-electron chi connectivity index (χ2n) is 8.72. The number of hydrogen-bond donors (Lipinski definition) is 3. The van der Waals surface area contributed by atoms with Crippen molar-refractivity contribution in [2.45, 2.75) is 39.2 Å². The fraction of sp³-hybridized carbons (Fsp3) is 0.440. The van der Waals surface area contributed by atoms with Gasteiger partial charge in [0.05, 0.1) is 19.1 Å². The zero-order valence-electron chi connectivity index (χ0n) is 20.7. The van der Waals surface area contributed by atoms with Gasteiger partial charge in [-0.2, -0.15) is 4.98 Å². The Bertz CT molecular complexity index is 1300. The second-order valence-corrected chi connectivity index (χ2v) is 8.72. The number of piperidine rings is 1. The number of nitrogens with one attached hydrogen (secondary N) is 1. The molecule has 11 nitrogen and oxygen atoms in total. The van der Waals surface area contributed by atoms with Crippen LogP contribution in [-0.2, 0) is 6.54 Å². The third-order valence-corrected chi connectivity index (χ3v) is 6.35. The minimum Gasteiger partial charge on any atom is -0.493 e. The summed E-state index contributed by atoms with van der Waals surface area (Å²) in [7, 11) is 1.59. The first-order valence-corrected chi connectivity index (χ1v) is 12.2. The summed E-state index contributed by atoms with van der Waals surface area (Å²) in [6.45, 7) is 6.21. The summed E-state index contributed by atoms with van der Waals surface area (Å²) in [6, 6.07) is 5.47. The molecule has 1 aromatic carbocycles. The molecule has 2 aromatic heterocycles. The number of rotatable bonds is 10. The van der Waals surface area contributed by atoms with Gasteiger partial charge in [0.15, 0.2) is 17.1 Å². The van der Waals surface area contributed by atoms with Crippen molar-refractivity contribution in [3.63, 3.8) is 0 Å². The summed E-state index contributed by atoms with van der Waals surface area (Å²) in [5, 5.41) is 3.29. The summed E-state index contributed by atoms with van der Waals surface area (Å²) < 4.78 is 13.1. The molecule has 3 aromatic rings. The molecule has 1 fully saturated rings. The highest BCUT2D eigenvalue weighted by Gasteiger charge is 2.20. The van der Waals surface area contributed by atoms with Gasteiger partial charge in [-0.05, 0) is 51.4 Å². The quantitative estimate of drug-likeness (QED) is 0.360. The molecule has 0 unspecified atom stereocenters. The Hall–Kier alpha value is -3.86. The fourth-order valence-corrected chi connectivity index (χ4v) is 4.50. The lowest BCUT2D eigenvalue weighted by atomic mass is 10.1. The minimum absolute atomic E-state index is 0.0180. The summed E-state index contributed by atoms with van der Waals surface area (Å²) in [6.07, 6.45) is 6.21. The van der Waals surface area contributed by atoms with Crippen LogP contribution in [0.5, 0.6) is 11.5 Å². The van der Waals surface area contributed by atoms with Crippen molar-refractivity contribution in [2.24, 2.45) is 5.73 Å². The van der Waals surface area contributed by atoms with E-state index in [4.69, 9.17) is 20.9 Å². The molecule has 0 radical (unpaired) electrons. The predicted octanol–water partition coefficient (Wildman–Crippen LogP) is 2.50. The van der Waals surface area contributed by atoms with E-state index in [2.05, 4.69) is 20.2 Å². The molecule has 5 N–H and O–H groups in total. The molecular formula is C25H33N7O4. The molecule has 1 amide bonds. The van der Waals surface area contributed by atoms with Crippen LogP contribution in [0.25, 0.3) is 11.0 Å². The summed E-state index contributed by atoms with van der Waals surface area (Å²) >= 11 is 0. The number of nitrogens with zero attached hydrogens (tertiary/aromatic N) is 4. The maximum Gasteiger partial charge on any atom is 0.256 e. The van der Waals surface area contributed by atoms with Crippen molar-refractivity contribution < 1.29 is 14.3 Å². The number of hydrogen-bond acceptors (Lipinski definition) is 9. The number of carbonyl (C=O) groups excluding carboxylic acids is 1. The monoisotopic (exact) mass is 495 g/mol. The number of aryl methyl sites for hydroxylation is 1. The van der Waals surface area contributed by atoms with E-state index in [9.17, 15) is 9.59 Å². The molecule has 0 bridgehead atoms. The van der Waals surface area contributed by atoms with Crippen molar-refractivity contribution in [3.05, 3.63) is 40.2 Å². The summed E-state index contributed by atoms with van der Waals surface area (Å²) in [4.78, 5) is 35.7. The van der Waals surface area contributed by atoms with Crippen LogP contribution in [0, 0.1) is 0 Å². The van der Waals surface area contributed by atoms with Crippen LogP contribution in [0.4, 0.5) is 17.5 Å². The van der Waals surface area contributed by atoms with E-state index in [0.717, 1.165) is 13.0 Å². The van der Waals surface area contributed by atoms with E-state index in [-0.39, 0.29) is 22.7 Å². The number of methoxy groups -OCH3 is 1. The van der Waals surface area contributed by atoms with Gasteiger partial charge in [-0.3, -0.25) is 9.59 Å². The Morgan fingerprint density at radius 1 is 1.19 bits per heavy atom. The highest BCUT2D eigenvalue weighted by Crippen LogP contribution is 2.31. The van der Waals surface area contributed by atoms with Gasteiger partial charge >= 0.3 is 0 Å². The predicted molar refractivity (Wildman–Crippen MR) is 139 cm³/mol. The van der Waals surface area contributed by atoms with Gasteiger partial charge in [0, 0.05) is 31.0 Å². The van der Waals surface area contributed by atoms with Crippen molar-refractivity contribution in [1.29, 1.82) is 0 Å². The third-order valence-electron chi connectivity index (χ3n) is 6.35. The Labute approximate surface area is 209 Å². The molecule has 1 aliphatic rings. The molecular weight excluding hydrogens is 462 g/mol. The molecule has 3 heterocycles. The number of likely N-dealkylation sites (tertiary alicyclic amines) is 1. The van der Waals surface area contributed by atoms with Crippen LogP contribution in [-0.4, -0.2) is 58.7 Å². The standard InChI is InChI=1S/C25H33N7O4/c1-3-32-22(26)20(23(27)34)21(33)17-15-28-25(30-24(17)32)29-16-8-9-18(19(14-16)35-2)36-13-7-12-31-10-5-4-6-11-31/h8-9,14-15H,3-7,10-13,26H2,1-2H3,(H2,27,34)(H,28,29,30). The number of pyridine rings is 1. The molecule has 1 saturated heterocycles. The van der Waals surface area contributed by atoms with Gasteiger partial charge in [-0.15, -0.1) is 0 Å². The Balaban J connectivity index is 1.49. The summed E-state index contributed by atoms with van der Waals surface area (Å²) in [5.41, 5.74) is 11.6. The molecule has 0 aliphatic carbocycles. The zero-order chi connectivity index (χ0) is 25.7. The minimum atomic E-state index is -0.885. The number of ether oxygens (including phenoxy) is 2. The normalized spacial score (nSPS) is 14.1. The fourth-order valence-electron chi connectivity index (χ4n) is 4.50. The number of fused-ring (bicyclic) bond motifs is 1. The van der Waals surface area contributed by atoms with E-state index >= 15 is 0 Å². The first-order valence-electron chi connectivity index (χ1n) is 12.2. The molecule has 1 aliphatic heterocycles. The number of nitrogen functional groups attached to an aromatic ring is 1. The molecule has 11 heteroatoms. The summed E-state index contributed by atoms with van der Waals surface area (Å²) in [5.74, 6) is 0.597. The van der Waals surface area contributed by atoms with Gasteiger partial charge in [-0.1, -0.05) is 6.42 Å². The van der Waals surface area contributed by atoms with Crippen LogP contribution in [0.3, 0.4) is 0 Å². The van der Waals surface area contributed by atoms with Gasteiger partial charge in [0.25, 0.3) is 5.91 Å². The molecule has 4 rings (SSSR count).